The normalized spacial score (nSPS) is 35.3. The monoisotopic (exact) mass is 295 g/mol. The third-order valence-electron chi connectivity index (χ3n) is 6.67. The Hall–Kier alpha value is -1.06. The highest BCUT2D eigenvalue weighted by atomic mass is 16.6. The molecule has 2 rings (SSSR count). The Bertz CT molecular complexity index is 440. The van der Waals surface area contributed by atoms with E-state index in [9.17, 15) is 9.59 Å². The van der Waals surface area contributed by atoms with Crippen LogP contribution >= 0.6 is 0 Å². The maximum absolute atomic E-state index is 12.4. The van der Waals surface area contributed by atoms with E-state index in [1.54, 1.807) is 20.8 Å². The maximum atomic E-state index is 12.4. The second kappa shape index (κ2) is 4.99. The van der Waals surface area contributed by atoms with E-state index >= 15 is 0 Å². The fraction of sp³-hybridized carbons (Fsp3) is 0.882. The van der Waals surface area contributed by atoms with Crippen molar-refractivity contribution in [2.75, 3.05) is 0 Å². The highest BCUT2D eigenvalue weighted by Gasteiger charge is 2.63. The van der Waals surface area contributed by atoms with Crippen molar-refractivity contribution < 1.29 is 19.1 Å². The van der Waals surface area contributed by atoms with E-state index in [-0.39, 0.29) is 22.9 Å². The molecule has 4 atom stereocenters. The predicted octanol–water partition coefficient (Wildman–Crippen LogP) is 3.24. The van der Waals surface area contributed by atoms with Crippen LogP contribution in [-0.2, 0) is 19.1 Å². The molecule has 2 bridgehead atoms. The van der Waals surface area contributed by atoms with Gasteiger partial charge in [-0.15, -0.1) is 0 Å². The lowest BCUT2D eigenvalue weighted by molar-refractivity contribution is -0.168. The van der Waals surface area contributed by atoms with Gasteiger partial charge in [0.15, 0.2) is 0 Å². The minimum absolute atomic E-state index is 0.0304. The molecule has 4 nitrogen and oxygen atoms in total. The second-order valence-corrected chi connectivity index (χ2v) is 8.05. The molecular weight excluding hydrogens is 268 g/mol. The first-order chi connectivity index (χ1) is 9.56. The molecule has 0 aromatic carbocycles. The molecule has 0 saturated heterocycles. The molecule has 4 unspecified atom stereocenters. The molecule has 0 N–H and O–H groups in total. The van der Waals surface area contributed by atoms with E-state index in [0.29, 0.717) is 5.92 Å². The average molecular weight is 295 g/mol. The van der Waals surface area contributed by atoms with Crippen molar-refractivity contribution in [1.82, 2.24) is 0 Å². The van der Waals surface area contributed by atoms with Crippen LogP contribution in [0, 0.1) is 22.7 Å². The fourth-order valence-corrected chi connectivity index (χ4v) is 4.03. The van der Waals surface area contributed by atoms with Crippen LogP contribution in [0.25, 0.3) is 0 Å². The van der Waals surface area contributed by atoms with Crippen molar-refractivity contribution in [2.45, 2.75) is 72.5 Å². The number of fused-ring (bicyclic) bond motifs is 2. The number of esters is 1. The topological polar surface area (TPSA) is 52.6 Å². The van der Waals surface area contributed by atoms with Gasteiger partial charge >= 0.3 is 12.4 Å². The first-order valence-corrected chi connectivity index (χ1v) is 7.82. The van der Waals surface area contributed by atoms with Crippen molar-refractivity contribution in [2.24, 2.45) is 22.7 Å². The minimum Gasteiger partial charge on any atom is -0.461 e. The summed E-state index contributed by atoms with van der Waals surface area (Å²) in [7, 11) is 0. The third-order valence-corrected chi connectivity index (χ3v) is 6.67. The molecule has 119 valence electrons. The van der Waals surface area contributed by atoms with Gasteiger partial charge in [-0.1, -0.05) is 20.8 Å². The molecule has 2 fully saturated rings. The second-order valence-electron chi connectivity index (χ2n) is 8.05. The summed E-state index contributed by atoms with van der Waals surface area (Å²) in [6.07, 6.45) is 3.25. The van der Waals surface area contributed by atoms with E-state index in [1.165, 1.54) is 12.9 Å². The maximum Gasteiger partial charge on any atom is 0.418 e. The molecule has 0 spiro atoms. The molecule has 0 amide bonds. The predicted molar refractivity (Wildman–Crippen MR) is 79.1 cm³/mol. The molecule has 21 heavy (non-hydrogen) atoms. The smallest absolute Gasteiger partial charge is 0.418 e. The zero-order valence-electron chi connectivity index (χ0n) is 14.0. The van der Waals surface area contributed by atoms with Crippen molar-refractivity contribution in [1.29, 1.82) is 0 Å². The van der Waals surface area contributed by atoms with E-state index in [2.05, 4.69) is 20.8 Å². The molecule has 2 aliphatic carbocycles. The summed E-state index contributed by atoms with van der Waals surface area (Å²) >= 11 is 0. The SMILES string of the molecule is CC(C(=O)OC1CC2CCC1(C)C2(C)C)C(C)(C)O[C]=O. The largest absolute Gasteiger partial charge is 0.461 e. The number of hydrogen-bond acceptors (Lipinski definition) is 4. The Balaban J connectivity index is 2.07. The quantitative estimate of drug-likeness (QED) is 0.731. The Morgan fingerprint density at radius 3 is 2.38 bits per heavy atom. The zero-order chi connectivity index (χ0) is 16.1. The van der Waals surface area contributed by atoms with Crippen molar-refractivity contribution in [3.8, 4) is 0 Å². The van der Waals surface area contributed by atoms with Gasteiger partial charge in [0, 0.05) is 5.41 Å². The van der Waals surface area contributed by atoms with Gasteiger partial charge in [-0.2, -0.15) is 0 Å². The summed E-state index contributed by atoms with van der Waals surface area (Å²) in [6.45, 7) is 13.4. The van der Waals surface area contributed by atoms with Crippen LogP contribution in [-0.4, -0.2) is 24.1 Å². The van der Waals surface area contributed by atoms with Crippen LogP contribution in [0.4, 0.5) is 0 Å². The fourth-order valence-electron chi connectivity index (χ4n) is 4.03. The summed E-state index contributed by atoms with van der Waals surface area (Å²) in [5.41, 5.74) is -0.633. The van der Waals surface area contributed by atoms with Gasteiger partial charge in [0.05, 0.1) is 5.92 Å². The number of ether oxygens (including phenoxy) is 2. The highest BCUT2D eigenvalue weighted by molar-refractivity contribution is 5.74. The minimum atomic E-state index is -0.896. The molecule has 2 aliphatic rings. The molecule has 0 heterocycles. The van der Waals surface area contributed by atoms with Crippen LogP contribution in [0.5, 0.6) is 0 Å². The van der Waals surface area contributed by atoms with Crippen LogP contribution in [0.3, 0.4) is 0 Å². The average Bonchev–Trinajstić information content (AvgIpc) is 2.70. The number of carbonyl (C=O) groups is 1. The van der Waals surface area contributed by atoms with Gasteiger partial charge in [-0.3, -0.25) is 4.79 Å². The van der Waals surface area contributed by atoms with E-state index < -0.39 is 11.5 Å². The standard InChI is InChI=1S/C17H27O4/c1-11(16(4,5)20-10-18)14(19)21-13-9-12-7-8-17(13,6)15(12,2)3/h11-13H,7-9H2,1-6H3. The summed E-state index contributed by atoms with van der Waals surface area (Å²) in [5.74, 6) is -0.169. The van der Waals surface area contributed by atoms with Crippen molar-refractivity contribution >= 4 is 12.4 Å². The van der Waals surface area contributed by atoms with E-state index in [4.69, 9.17) is 9.47 Å². The Kier molecular flexibility index (Phi) is 3.88. The third kappa shape index (κ3) is 2.36. The molecule has 0 aliphatic heterocycles. The summed E-state index contributed by atoms with van der Waals surface area (Å²) in [4.78, 5) is 22.9. The van der Waals surface area contributed by atoms with Crippen molar-refractivity contribution in [3.05, 3.63) is 0 Å². The number of hydrogen-bond donors (Lipinski definition) is 0. The van der Waals surface area contributed by atoms with Gasteiger partial charge in [-0.25, -0.2) is 4.79 Å². The number of carbonyl (C=O) groups excluding carboxylic acids is 2. The van der Waals surface area contributed by atoms with E-state index in [1.807, 2.05) is 0 Å². The lowest BCUT2D eigenvalue weighted by Crippen LogP contribution is -2.43. The van der Waals surface area contributed by atoms with Crippen LogP contribution in [0.15, 0.2) is 0 Å². The Morgan fingerprint density at radius 2 is 1.95 bits per heavy atom. The molecule has 4 heteroatoms. The molecular formula is C17H27O4. The van der Waals surface area contributed by atoms with Gasteiger partial charge in [-0.05, 0) is 51.4 Å². The van der Waals surface area contributed by atoms with Crippen LogP contribution in [0.1, 0.15) is 60.8 Å². The summed E-state index contributed by atoms with van der Waals surface area (Å²) < 4.78 is 10.7. The van der Waals surface area contributed by atoms with Gasteiger partial charge in [0.1, 0.15) is 11.7 Å². The van der Waals surface area contributed by atoms with Crippen LogP contribution < -0.4 is 0 Å². The number of rotatable bonds is 5. The molecule has 0 aromatic rings. The Labute approximate surface area is 127 Å². The lowest BCUT2D eigenvalue weighted by Gasteiger charge is -2.39. The molecule has 2 saturated carbocycles. The Morgan fingerprint density at radius 1 is 1.33 bits per heavy atom. The van der Waals surface area contributed by atoms with E-state index in [0.717, 1.165) is 12.8 Å². The van der Waals surface area contributed by atoms with Crippen LogP contribution in [0.2, 0.25) is 0 Å². The molecule has 1 radical (unpaired) electrons. The van der Waals surface area contributed by atoms with Gasteiger partial charge in [0.2, 0.25) is 0 Å². The first kappa shape index (κ1) is 16.3. The van der Waals surface area contributed by atoms with Crippen molar-refractivity contribution in [3.63, 3.8) is 0 Å². The first-order valence-electron chi connectivity index (χ1n) is 7.82. The summed E-state index contributed by atoms with van der Waals surface area (Å²) in [5, 5.41) is 0. The van der Waals surface area contributed by atoms with Gasteiger partial charge < -0.3 is 9.47 Å². The highest BCUT2D eigenvalue weighted by Crippen LogP contribution is 2.66. The van der Waals surface area contributed by atoms with Gasteiger partial charge in [0.25, 0.3) is 0 Å². The summed E-state index contributed by atoms with van der Waals surface area (Å²) in [6, 6.07) is 0. The zero-order valence-corrected chi connectivity index (χ0v) is 14.0. The lowest BCUT2D eigenvalue weighted by atomic mass is 9.70. The molecule has 0 aromatic heterocycles.